The molecule has 0 saturated carbocycles. The van der Waals surface area contributed by atoms with Gasteiger partial charge in [0.2, 0.25) is 11.7 Å². The lowest BCUT2D eigenvalue weighted by Gasteiger charge is -2.10. The number of para-hydroxylation sites is 1. The van der Waals surface area contributed by atoms with Crippen molar-refractivity contribution in [2.45, 2.75) is 13.1 Å². The summed E-state index contributed by atoms with van der Waals surface area (Å²) in [5.74, 6) is -2.49. The van der Waals surface area contributed by atoms with Crippen molar-refractivity contribution in [1.29, 1.82) is 0 Å². The van der Waals surface area contributed by atoms with Gasteiger partial charge in [-0.25, -0.2) is 9.38 Å². The van der Waals surface area contributed by atoms with Gasteiger partial charge in [0.15, 0.2) is 0 Å². The average Bonchev–Trinajstić information content (AvgIpc) is 2.93. The summed E-state index contributed by atoms with van der Waals surface area (Å²) < 4.78 is 58.6. The number of carbonyl (C=O) groups is 1. The van der Waals surface area contributed by atoms with E-state index in [-0.39, 0.29) is 27.8 Å². The molecule has 0 spiro atoms. The van der Waals surface area contributed by atoms with Gasteiger partial charge in [-0.15, -0.1) is 0 Å². The molecule has 0 aliphatic rings. The lowest BCUT2D eigenvalue weighted by Crippen LogP contribution is -2.13. The van der Waals surface area contributed by atoms with Crippen molar-refractivity contribution in [1.82, 2.24) is 0 Å². The van der Waals surface area contributed by atoms with E-state index >= 15 is 0 Å². The van der Waals surface area contributed by atoms with E-state index in [2.05, 4.69) is 4.99 Å². The Kier molecular flexibility index (Phi) is 4.16. The molecule has 0 aliphatic heterocycles. The molecule has 0 unspecified atom stereocenters. The highest BCUT2D eigenvalue weighted by Gasteiger charge is 2.40. The molecule has 128 valence electrons. The van der Waals surface area contributed by atoms with Crippen LogP contribution in [0.25, 0.3) is 11.0 Å². The molecule has 1 heterocycles. The molecule has 0 radical (unpaired) electrons. The Morgan fingerprint density at radius 3 is 2.28 bits per heavy atom. The van der Waals surface area contributed by atoms with Crippen molar-refractivity contribution in [3.63, 3.8) is 0 Å². The molecular weight excluding hydrogens is 338 g/mol. The third kappa shape index (κ3) is 3.31. The van der Waals surface area contributed by atoms with Gasteiger partial charge in [0.1, 0.15) is 11.4 Å². The van der Waals surface area contributed by atoms with Crippen LogP contribution in [0, 0.1) is 5.82 Å². The fourth-order valence-electron chi connectivity index (χ4n) is 2.51. The molecule has 3 nitrogen and oxygen atoms in total. The van der Waals surface area contributed by atoms with Crippen LogP contribution in [0.4, 0.5) is 17.6 Å². The molecule has 0 N–H and O–H groups in total. The van der Waals surface area contributed by atoms with Crippen LogP contribution in [0.15, 0.2) is 57.9 Å². The van der Waals surface area contributed by atoms with Crippen molar-refractivity contribution in [3.8, 4) is 0 Å². The Bertz CT molecular complexity index is 969. The first-order valence-corrected chi connectivity index (χ1v) is 7.21. The predicted octanol–water partition coefficient (Wildman–Crippen LogP) is 4.97. The second-order valence-corrected chi connectivity index (χ2v) is 5.29. The largest absolute Gasteiger partial charge is 0.451 e. The lowest BCUT2D eigenvalue weighted by atomic mass is 9.98. The zero-order valence-electron chi connectivity index (χ0n) is 12.9. The van der Waals surface area contributed by atoms with Crippen molar-refractivity contribution in [2.24, 2.45) is 4.99 Å². The van der Waals surface area contributed by atoms with Gasteiger partial charge in [-0.1, -0.05) is 18.2 Å². The first-order chi connectivity index (χ1) is 11.8. The first kappa shape index (κ1) is 16.9. The maximum atomic E-state index is 13.5. The number of fused-ring (bicyclic) bond motifs is 1. The van der Waals surface area contributed by atoms with Gasteiger partial charge in [-0.05, 0) is 30.3 Å². The number of rotatable bonds is 2. The van der Waals surface area contributed by atoms with Crippen LogP contribution in [0.2, 0.25) is 0 Å². The van der Waals surface area contributed by atoms with Crippen LogP contribution in [0.1, 0.15) is 23.8 Å². The highest BCUT2D eigenvalue weighted by atomic mass is 19.4. The highest BCUT2D eigenvalue weighted by molar-refractivity contribution is 6.22. The van der Waals surface area contributed by atoms with Crippen molar-refractivity contribution < 1.29 is 26.8 Å². The van der Waals surface area contributed by atoms with Gasteiger partial charge >= 0.3 is 6.18 Å². The number of hydrogen-bond donors (Lipinski definition) is 0. The molecule has 25 heavy (non-hydrogen) atoms. The Morgan fingerprint density at radius 1 is 1.04 bits per heavy atom. The molecule has 0 atom stereocenters. The summed E-state index contributed by atoms with van der Waals surface area (Å²) in [4.78, 5) is 15.3. The number of benzene rings is 2. The Hall–Kier alpha value is -2.96. The minimum absolute atomic E-state index is 0.0168. The number of nitrogens with zero attached hydrogens (tertiary/aromatic N) is 1. The van der Waals surface area contributed by atoms with Gasteiger partial charge < -0.3 is 4.42 Å². The fraction of sp³-hybridized carbons (Fsp3) is 0.111. The van der Waals surface area contributed by atoms with E-state index in [1.54, 1.807) is 6.07 Å². The second-order valence-electron chi connectivity index (χ2n) is 5.29. The Labute approximate surface area is 139 Å². The van der Waals surface area contributed by atoms with E-state index in [0.29, 0.717) is 0 Å². The van der Waals surface area contributed by atoms with Crippen molar-refractivity contribution >= 4 is 22.6 Å². The summed E-state index contributed by atoms with van der Waals surface area (Å²) in [6, 6.07) is 10.6. The molecule has 7 heteroatoms. The van der Waals surface area contributed by atoms with E-state index in [0.717, 1.165) is 19.1 Å². The third-order valence-corrected chi connectivity index (χ3v) is 3.48. The van der Waals surface area contributed by atoms with Gasteiger partial charge in [0.05, 0.1) is 11.3 Å². The van der Waals surface area contributed by atoms with E-state index in [1.165, 1.54) is 30.3 Å². The summed E-state index contributed by atoms with van der Waals surface area (Å²) in [6.07, 6.45) is -4.79. The molecule has 0 fully saturated rings. The molecule has 3 aromatic rings. The number of aliphatic imine (C=N–C) groups is 1. The summed E-state index contributed by atoms with van der Waals surface area (Å²) in [5, 5.41) is 0.166. The average molecular weight is 349 g/mol. The fourth-order valence-corrected chi connectivity index (χ4v) is 2.51. The van der Waals surface area contributed by atoms with Gasteiger partial charge in [-0.3, -0.25) is 4.79 Å². The molecule has 0 aliphatic carbocycles. The van der Waals surface area contributed by atoms with E-state index in [4.69, 9.17) is 4.42 Å². The van der Waals surface area contributed by atoms with Crippen molar-refractivity contribution in [2.75, 3.05) is 0 Å². The van der Waals surface area contributed by atoms with Crippen LogP contribution < -0.4 is 0 Å². The predicted molar refractivity (Wildman–Crippen MR) is 83.9 cm³/mol. The number of hydrogen-bond acceptors (Lipinski definition) is 2. The molecule has 0 bridgehead atoms. The zero-order valence-corrected chi connectivity index (χ0v) is 12.9. The van der Waals surface area contributed by atoms with Gasteiger partial charge in [0, 0.05) is 17.9 Å². The molecule has 0 saturated heterocycles. The van der Waals surface area contributed by atoms with Crippen LogP contribution in [-0.4, -0.2) is 11.6 Å². The number of carbonyl (C=O) groups excluding carboxylic acids is 1. The SMILES string of the molecule is CC(=O)N=C(c1ccc(F)cc1)c1c(C(F)(F)F)oc2ccccc12. The molecule has 1 amide bonds. The van der Waals surface area contributed by atoms with Gasteiger partial charge in [0.25, 0.3) is 0 Å². The van der Waals surface area contributed by atoms with Crippen LogP contribution in [0.3, 0.4) is 0 Å². The lowest BCUT2D eigenvalue weighted by molar-refractivity contribution is -0.152. The van der Waals surface area contributed by atoms with Crippen LogP contribution in [-0.2, 0) is 11.0 Å². The highest BCUT2D eigenvalue weighted by Crippen LogP contribution is 2.39. The smallest absolute Gasteiger partial charge is 0.450 e. The standard InChI is InChI=1S/C18H11F4NO2/c1-10(24)23-16(11-6-8-12(19)9-7-11)15-13-4-2-3-5-14(13)25-17(15)18(20,21)22/h2-9H,1H3. The first-order valence-electron chi connectivity index (χ1n) is 7.21. The Morgan fingerprint density at radius 2 is 1.68 bits per heavy atom. The number of furan rings is 1. The van der Waals surface area contributed by atoms with Crippen molar-refractivity contribution in [3.05, 3.63) is 71.2 Å². The second kappa shape index (κ2) is 6.16. The number of alkyl halides is 3. The van der Waals surface area contributed by atoms with E-state index in [1.807, 2.05) is 0 Å². The number of amides is 1. The summed E-state index contributed by atoms with van der Waals surface area (Å²) in [5.41, 5.74) is -0.369. The third-order valence-electron chi connectivity index (χ3n) is 3.48. The number of halogens is 4. The van der Waals surface area contributed by atoms with E-state index in [9.17, 15) is 22.4 Å². The molecule has 1 aromatic heterocycles. The van der Waals surface area contributed by atoms with E-state index < -0.39 is 23.7 Å². The normalized spacial score (nSPS) is 12.6. The summed E-state index contributed by atoms with van der Waals surface area (Å²) in [7, 11) is 0. The monoisotopic (exact) mass is 349 g/mol. The minimum atomic E-state index is -4.79. The minimum Gasteiger partial charge on any atom is -0.451 e. The summed E-state index contributed by atoms with van der Waals surface area (Å²) in [6.45, 7) is 1.12. The van der Waals surface area contributed by atoms with Crippen LogP contribution in [0.5, 0.6) is 0 Å². The maximum absolute atomic E-state index is 13.5. The van der Waals surface area contributed by atoms with Crippen LogP contribution >= 0.6 is 0 Å². The Balaban J connectivity index is 2.36. The zero-order chi connectivity index (χ0) is 18.2. The quantitative estimate of drug-likeness (QED) is 0.484. The molecule has 2 aromatic carbocycles. The van der Waals surface area contributed by atoms with Gasteiger partial charge in [-0.2, -0.15) is 13.2 Å². The summed E-state index contributed by atoms with van der Waals surface area (Å²) >= 11 is 0. The maximum Gasteiger partial charge on any atom is 0.450 e. The topological polar surface area (TPSA) is 42.6 Å². The molecule has 3 rings (SSSR count). The molecular formula is C18H11F4NO2.